The molecule has 6 fully saturated rings. The predicted octanol–water partition coefficient (Wildman–Crippen LogP) is 12.0. The minimum absolute atomic E-state index is 0.0181. The van der Waals surface area contributed by atoms with Crippen LogP contribution in [0.25, 0.3) is 10.4 Å². The fourth-order valence-corrected chi connectivity index (χ4v) is 15.3. The normalized spacial score (nSPS) is 26.9. The maximum atomic E-state index is 13.9. The molecular formula is C71H115N5O15S2. The smallest absolute Gasteiger partial charge is 0.303 e. The molecule has 4 atom stereocenters. The number of carboxylic acid groups (broad SMARTS) is 2. The van der Waals surface area contributed by atoms with Crippen molar-refractivity contribution in [1.82, 2.24) is 20.5 Å². The van der Waals surface area contributed by atoms with Crippen molar-refractivity contribution in [1.29, 1.82) is 5.26 Å². The Morgan fingerprint density at radius 3 is 1.55 bits per heavy atom. The highest BCUT2D eigenvalue weighted by Crippen LogP contribution is 2.37. The molecule has 2 aromatic rings. The number of aliphatic carboxylic acids is 2. The molecular weight excluding hydrogens is 1230 g/mol. The van der Waals surface area contributed by atoms with Crippen LogP contribution in [0.15, 0.2) is 29.8 Å². The van der Waals surface area contributed by atoms with Gasteiger partial charge in [0.25, 0.3) is 16.6 Å². The van der Waals surface area contributed by atoms with E-state index in [-0.39, 0.29) is 67.8 Å². The Morgan fingerprint density at radius 2 is 1.14 bits per heavy atom. The molecule has 22 heteroatoms. The van der Waals surface area contributed by atoms with Crippen molar-refractivity contribution in [2.24, 2.45) is 64.6 Å². The second-order valence-corrected chi connectivity index (χ2v) is 31.2. The second kappa shape index (κ2) is 41.8. The largest absolute Gasteiger partial charge is 0.481 e. The van der Waals surface area contributed by atoms with Gasteiger partial charge in [0.15, 0.2) is 0 Å². The minimum Gasteiger partial charge on any atom is -0.481 e. The van der Waals surface area contributed by atoms with Crippen LogP contribution in [-0.4, -0.2) is 137 Å². The van der Waals surface area contributed by atoms with Gasteiger partial charge >= 0.3 is 11.9 Å². The summed E-state index contributed by atoms with van der Waals surface area (Å²) in [7, 11) is -3.24. The van der Waals surface area contributed by atoms with Gasteiger partial charge in [-0.1, -0.05) is 97.4 Å². The Kier molecular flexibility index (Phi) is 36.1. The van der Waals surface area contributed by atoms with Gasteiger partial charge in [0.2, 0.25) is 17.7 Å². The molecule has 93 heavy (non-hydrogen) atoms. The first-order chi connectivity index (χ1) is 44.2. The number of aliphatic hydroxyl groups is 3. The first kappa shape index (κ1) is 80.4. The number of amides is 3. The molecule has 1 aromatic carbocycles. The van der Waals surface area contributed by atoms with E-state index in [0.717, 1.165) is 142 Å². The number of aliphatic hydroxyl groups excluding tert-OH is 3. The summed E-state index contributed by atoms with van der Waals surface area (Å²) in [4.78, 5) is 78.8. The van der Waals surface area contributed by atoms with Crippen LogP contribution < -0.4 is 10.6 Å². The lowest BCUT2D eigenvalue weighted by Crippen LogP contribution is -2.58. The minimum atomic E-state index is -3.24. The summed E-state index contributed by atoms with van der Waals surface area (Å²) in [6.07, 6.45) is 25.9. The van der Waals surface area contributed by atoms with Crippen LogP contribution in [0, 0.1) is 82.8 Å². The van der Waals surface area contributed by atoms with Gasteiger partial charge in [0.1, 0.15) is 12.1 Å². The molecule has 526 valence electrons. The number of rotatable bonds is 23. The third kappa shape index (κ3) is 30.3. The predicted molar refractivity (Wildman–Crippen MR) is 361 cm³/mol. The van der Waals surface area contributed by atoms with Crippen molar-refractivity contribution < 1.29 is 71.6 Å². The van der Waals surface area contributed by atoms with Crippen LogP contribution in [0.3, 0.4) is 0 Å². The summed E-state index contributed by atoms with van der Waals surface area (Å²) >= 11 is 1.58. The van der Waals surface area contributed by atoms with Gasteiger partial charge in [0, 0.05) is 51.9 Å². The van der Waals surface area contributed by atoms with Crippen molar-refractivity contribution in [3.8, 4) is 16.5 Å². The molecule has 0 unspecified atom stereocenters. The van der Waals surface area contributed by atoms with Crippen LogP contribution in [0.1, 0.15) is 232 Å². The summed E-state index contributed by atoms with van der Waals surface area (Å²) in [5.74, 6) is 2.61. The van der Waals surface area contributed by atoms with Crippen molar-refractivity contribution in [2.45, 2.75) is 246 Å². The van der Waals surface area contributed by atoms with Crippen LogP contribution in [-0.2, 0) is 47.8 Å². The monoisotopic (exact) mass is 1340 g/mol. The number of nitrogens with zero attached hydrogens (tertiary/aromatic N) is 3. The number of hydrogen-bond acceptors (Lipinski definition) is 16. The molecule has 0 spiro atoms. The number of aryl methyl sites for hydroxylation is 1. The van der Waals surface area contributed by atoms with Gasteiger partial charge in [0.05, 0.1) is 53.8 Å². The molecule has 20 nitrogen and oxygen atoms in total. The van der Waals surface area contributed by atoms with E-state index in [9.17, 15) is 42.3 Å². The molecule has 8 rings (SSSR count). The molecule has 0 radical (unpaired) electrons. The van der Waals surface area contributed by atoms with E-state index in [1.165, 1.54) is 56.3 Å². The van der Waals surface area contributed by atoms with E-state index in [1.807, 2.05) is 64.4 Å². The number of nitrogens with one attached hydrogen (secondary N) is 2. The van der Waals surface area contributed by atoms with E-state index < -0.39 is 45.7 Å². The van der Waals surface area contributed by atoms with Gasteiger partial charge in [-0.2, -0.15) is 13.7 Å². The number of ether oxygens (including phenoxy) is 1. The van der Waals surface area contributed by atoms with Crippen molar-refractivity contribution in [3.05, 3.63) is 41.0 Å². The first-order valence-corrected chi connectivity index (χ1v) is 37.4. The zero-order valence-electron chi connectivity index (χ0n) is 57.2. The van der Waals surface area contributed by atoms with Gasteiger partial charge < -0.3 is 45.8 Å². The number of carbonyl (C=O) groups is 6. The zero-order valence-corrected chi connectivity index (χ0v) is 58.8. The van der Waals surface area contributed by atoms with Gasteiger partial charge in [-0.3, -0.25) is 33.0 Å². The average Bonchev–Trinajstić information content (AvgIpc) is 1.75. The van der Waals surface area contributed by atoms with E-state index in [2.05, 4.69) is 35.5 Å². The first-order valence-electron chi connectivity index (χ1n) is 34.7. The number of nitriles is 1. The van der Waals surface area contributed by atoms with Crippen LogP contribution in [0.5, 0.6) is 0 Å². The molecule has 5 aliphatic carbocycles. The van der Waals surface area contributed by atoms with Gasteiger partial charge in [-0.05, 0) is 192 Å². The third-order valence-corrected chi connectivity index (χ3v) is 21.8. The Hall–Kier alpha value is -5.05. The molecule has 2 heterocycles. The van der Waals surface area contributed by atoms with E-state index in [1.54, 1.807) is 11.3 Å². The molecule has 1 aliphatic heterocycles. The second-order valence-electron chi connectivity index (χ2n) is 28.7. The number of thiazole rings is 1. The SMILES string of the molecule is CCC1CCC(CC#N)CC1.CCC1CCC(COS(C)(=O)=O)CC1.Cc1ncsc1-c1ccc([C@H](C)NC(=O)[C@@H]2C[C@@H](O)CN2C(=O)[C@@H](NC(=O)CC2CCC(CC(=O)O)CC2)C(C)(C)C)cc1.O=COCC1CCC(CC(=O)O)CC1.OCC1CCC(CO)CC1. The van der Waals surface area contributed by atoms with E-state index in [4.69, 9.17) is 34.6 Å². The van der Waals surface area contributed by atoms with E-state index >= 15 is 0 Å². The van der Waals surface area contributed by atoms with Crippen molar-refractivity contribution >= 4 is 57.6 Å². The molecule has 1 aromatic heterocycles. The number of hydrogen-bond donors (Lipinski definition) is 7. The molecule has 3 amide bonds. The quantitative estimate of drug-likeness (QED) is 0.0401. The average molecular weight is 1340 g/mol. The summed E-state index contributed by atoms with van der Waals surface area (Å²) in [6.45, 7) is 16.0. The number of carbonyl (C=O) groups excluding carboxylic acids is 4. The highest BCUT2D eigenvalue weighted by molar-refractivity contribution is 7.86. The van der Waals surface area contributed by atoms with Crippen LogP contribution in [0.2, 0.25) is 0 Å². The maximum absolute atomic E-state index is 13.9. The standard InChI is InChI=1S/C33H46N4O6S.C10H17N.C10H16O4.C10H20O3S.C8H16O2/c1-19(23-10-12-24(13-11-23)29-20(2)34-18-44-29)35-31(42)26-16-25(38)17-37(26)32(43)30(33(3,4)5)36-27(39)14-21-6-8-22(9-7-21)15-28(40)41;1-2-9-3-5-10(6-4-9)7-8-11;11-7-14-6-9-3-1-8(2-4-9)5-10(12)13;1-3-9-4-6-10(7-5-9)8-13-14(2,11)12;9-5-7-1-2-8(6-10)4-3-7/h10-13,18-19,21-22,25-26,30,38H,6-9,14-17H2,1-5H3,(H,35,42)(H,36,39)(H,40,41);9-10H,2-7H2,1H3;7-9H,1-6H2,(H,12,13);9-10H,3-8H2,1-2H3;7-10H,1-6H2/t19-,21?,22?,25+,26-,30+;;;;/m0..../s1. The Bertz CT molecular complexity index is 2660. The summed E-state index contributed by atoms with van der Waals surface area (Å²) in [6, 6.07) is 8.16. The Labute approximate surface area is 559 Å². The molecule has 0 bridgehead atoms. The molecule has 1 saturated heterocycles. The number of likely N-dealkylation sites (tertiary alicyclic amines) is 1. The number of β-amino-alcohol motifs (C(OH)–C–C–N with tert-alkyl or cyclic N) is 1. The van der Waals surface area contributed by atoms with Gasteiger partial charge in [-0.15, -0.1) is 11.3 Å². The van der Waals surface area contributed by atoms with E-state index in [0.29, 0.717) is 62.5 Å². The lowest BCUT2D eigenvalue weighted by molar-refractivity contribution is -0.144. The third-order valence-electron chi connectivity index (χ3n) is 20.3. The summed E-state index contributed by atoms with van der Waals surface area (Å²) in [5.41, 5.74) is 4.13. The van der Waals surface area contributed by atoms with Crippen molar-refractivity contribution in [3.63, 3.8) is 0 Å². The van der Waals surface area contributed by atoms with Gasteiger partial charge in [-0.25, -0.2) is 4.98 Å². The number of benzene rings is 1. The van der Waals surface area contributed by atoms with Crippen LogP contribution in [0.4, 0.5) is 0 Å². The Balaban J connectivity index is 0.000000301. The highest BCUT2D eigenvalue weighted by atomic mass is 32.2. The summed E-state index contributed by atoms with van der Waals surface area (Å²) in [5, 5.41) is 60.2. The topological polar surface area (TPSA) is 320 Å². The molecule has 5 saturated carbocycles. The Morgan fingerprint density at radius 1 is 0.699 bits per heavy atom. The maximum Gasteiger partial charge on any atom is 0.303 e. The number of aromatic nitrogens is 1. The summed E-state index contributed by atoms with van der Waals surface area (Å²) < 4.78 is 31.0. The van der Waals surface area contributed by atoms with Crippen LogP contribution >= 0.6 is 11.3 Å². The highest BCUT2D eigenvalue weighted by Gasteiger charge is 2.45. The number of carboxylic acids is 2. The lowest BCUT2D eigenvalue weighted by atomic mass is 9.79. The lowest BCUT2D eigenvalue weighted by Gasteiger charge is -2.36. The fraction of sp³-hybridized carbons (Fsp3) is 0.775. The molecule has 7 N–H and O–H groups in total. The zero-order chi connectivity index (χ0) is 68.7. The fourth-order valence-electron chi connectivity index (χ4n) is 14.0. The van der Waals surface area contributed by atoms with Crippen molar-refractivity contribution in [2.75, 3.05) is 39.2 Å². The molecule has 6 aliphatic rings.